The van der Waals surface area contributed by atoms with Crippen molar-refractivity contribution in [1.29, 1.82) is 0 Å². The summed E-state index contributed by atoms with van der Waals surface area (Å²) in [6, 6.07) is 6.17. The van der Waals surface area contributed by atoms with Crippen LogP contribution < -0.4 is 4.90 Å². The van der Waals surface area contributed by atoms with Crippen LogP contribution in [0.2, 0.25) is 0 Å². The minimum atomic E-state index is -0.687. The molecule has 0 aliphatic heterocycles. The van der Waals surface area contributed by atoms with Gasteiger partial charge in [-0.05, 0) is 88.5 Å². The van der Waals surface area contributed by atoms with Gasteiger partial charge < -0.3 is 14.5 Å². The molecule has 1 heterocycles. The van der Waals surface area contributed by atoms with Gasteiger partial charge in [-0.25, -0.2) is 9.48 Å². The maximum absolute atomic E-state index is 13.6. The molecule has 0 aliphatic rings. The molecule has 0 saturated heterocycles. The lowest BCUT2D eigenvalue weighted by molar-refractivity contribution is -0.384. The third-order valence-electron chi connectivity index (χ3n) is 4.89. The number of ether oxygens (including phenoxy) is 1. The van der Waals surface area contributed by atoms with E-state index in [1.54, 1.807) is 16.8 Å². The number of nitro benzene ring substituents is 1. The van der Waals surface area contributed by atoms with E-state index in [1.807, 2.05) is 39.8 Å². The summed E-state index contributed by atoms with van der Waals surface area (Å²) in [5.74, 6) is 0.0652. The summed E-state index contributed by atoms with van der Waals surface area (Å²) < 4.78 is 7.53. The molecule has 0 amide bonds. The van der Waals surface area contributed by atoms with Gasteiger partial charge in [-0.2, -0.15) is 0 Å². The molecule has 0 N–H and O–H groups in total. The van der Waals surface area contributed by atoms with Gasteiger partial charge in [-0.15, -0.1) is 5.10 Å². The van der Waals surface area contributed by atoms with Crippen LogP contribution in [0.4, 0.5) is 11.5 Å². The number of esters is 1. The van der Waals surface area contributed by atoms with Crippen LogP contribution in [0, 0.1) is 10.1 Å². The number of aromatic nitrogens is 2. The van der Waals surface area contributed by atoms with Gasteiger partial charge in [-0.1, -0.05) is 0 Å². The summed E-state index contributed by atoms with van der Waals surface area (Å²) in [7, 11) is 3.83. The molecular weight excluding hydrogens is 434 g/mol. The highest BCUT2D eigenvalue weighted by Gasteiger charge is 2.39. The molecule has 0 radical (unpaired) electrons. The lowest BCUT2D eigenvalue weighted by atomic mass is 9.95. The topological polar surface area (TPSA) is 93.7 Å². The molecule has 1 aromatic carbocycles. The van der Waals surface area contributed by atoms with Crippen molar-refractivity contribution in [2.45, 2.75) is 85.5 Å². The number of non-ortho nitro benzene ring substituents is 1. The molecule has 0 fully saturated rings. The van der Waals surface area contributed by atoms with E-state index < -0.39 is 16.5 Å². The predicted octanol–water partition coefficient (Wildman–Crippen LogP) is 5.20. The average molecular weight is 474 g/mol. The molecule has 9 heteroatoms. The normalized spacial score (nSPS) is 12.7. The second kappa shape index (κ2) is 9.37. The van der Waals surface area contributed by atoms with Crippen LogP contribution in [0.3, 0.4) is 0 Å². The number of nitro groups is 1. The van der Waals surface area contributed by atoms with Gasteiger partial charge in [0.25, 0.3) is 5.69 Å². The van der Waals surface area contributed by atoms with Crippen LogP contribution in [0.15, 0.2) is 24.3 Å². The summed E-state index contributed by atoms with van der Waals surface area (Å²) >= 11 is 0. The minimum Gasteiger partial charge on any atom is -0.456 e. The molecular formula is C25H39N5O4. The first kappa shape index (κ1) is 27.3. The zero-order chi connectivity index (χ0) is 26.2. The van der Waals surface area contributed by atoms with E-state index in [4.69, 9.17) is 9.84 Å². The Balaban J connectivity index is 2.92. The Labute approximate surface area is 202 Å². The summed E-state index contributed by atoms with van der Waals surface area (Å²) in [6.07, 6.45) is 0. The van der Waals surface area contributed by atoms with Crippen molar-refractivity contribution in [3.8, 4) is 5.69 Å². The number of benzene rings is 1. The van der Waals surface area contributed by atoms with Crippen molar-refractivity contribution in [2.75, 3.05) is 19.0 Å². The first-order chi connectivity index (χ1) is 15.3. The summed E-state index contributed by atoms with van der Waals surface area (Å²) in [5.41, 5.74) is 0.254. The number of hydrogen-bond donors (Lipinski definition) is 0. The van der Waals surface area contributed by atoms with Crippen LogP contribution in [-0.4, -0.2) is 56.3 Å². The SMILES string of the molecule is CN(C)Cc1c(C(=O)OC(C)(C)C)c(N(C(C)(C)C)C(C)(C)C)nn1-c1ccc([N+](=O)[O-])cc1. The summed E-state index contributed by atoms with van der Waals surface area (Å²) in [4.78, 5) is 28.4. The van der Waals surface area contributed by atoms with E-state index in [9.17, 15) is 14.9 Å². The largest absolute Gasteiger partial charge is 0.456 e. The Morgan fingerprint density at radius 3 is 1.88 bits per heavy atom. The number of hydrogen-bond acceptors (Lipinski definition) is 7. The molecule has 1 aromatic heterocycles. The van der Waals surface area contributed by atoms with Crippen LogP contribution in [0.25, 0.3) is 5.69 Å². The molecule has 2 rings (SSSR count). The van der Waals surface area contributed by atoms with E-state index in [2.05, 4.69) is 46.4 Å². The fourth-order valence-electron chi connectivity index (χ4n) is 4.15. The standard InChI is InChI=1S/C25H39N5O4/c1-23(2,3)29(24(4,5)6)21-20(22(31)34-25(7,8)9)19(16-27(10)11)28(26-21)17-12-14-18(15-13-17)30(32)33/h12-15H,16H2,1-11H3. The molecule has 9 nitrogen and oxygen atoms in total. The van der Waals surface area contributed by atoms with Crippen LogP contribution in [0.1, 0.15) is 78.4 Å². The first-order valence-electron chi connectivity index (χ1n) is 11.4. The van der Waals surface area contributed by atoms with Crippen molar-refractivity contribution in [2.24, 2.45) is 0 Å². The molecule has 0 bridgehead atoms. The molecule has 188 valence electrons. The van der Waals surface area contributed by atoms with E-state index in [0.29, 0.717) is 29.3 Å². The minimum absolute atomic E-state index is 0.0105. The van der Waals surface area contributed by atoms with Gasteiger partial charge >= 0.3 is 5.97 Å². The van der Waals surface area contributed by atoms with E-state index in [0.717, 1.165) is 0 Å². The van der Waals surface area contributed by atoms with Crippen molar-refractivity contribution in [3.05, 3.63) is 45.6 Å². The maximum Gasteiger partial charge on any atom is 0.344 e. The second-order valence-electron chi connectivity index (χ2n) is 11.7. The van der Waals surface area contributed by atoms with E-state index in [1.165, 1.54) is 12.1 Å². The van der Waals surface area contributed by atoms with E-state index >= 15 is 0 Å². The third kappa shape index (κ3) is 6.34. The molecule has 0 unspecified atom stereocenters. The number of anilines is 1. The molecule has 2 aromatic rings. The number of nitrogens with zero attached hydrogens (tertiary/aromatic N) is 5. The quantitative estimate of drug-likeness (QED) is 0.323. The number of carbonyl (C=O) groups excluding carboxylic acids is 1. The van der Waals surface area contributed by atoms with Gasteiger partial charge in [0.1, 0.15) is 11.2 Å². The Kier molecular flexibility index (Phi) is 7.52. The predicted molar refractivity (Wildman–Crippen MR) is 135 cm³/mol. The van der Waals surface area contributed by atoms with E-state index in [-0.39, 0.29) is 16.8 Å². The highest BCUT2D eigenvalue weighted by molar-refractivity contribution is 5.97. The fraction of sp³-hybridized carbons (Fsp3) is 0.600. The van der Waals surface area contributed by atoms with Crippen LogP contribution >= 0.6 is 0 Å². The highest BCUT2D eigenvalue weighted by atomic mass is 16.6. The van der Waals surface area contributed by atoms with Crippen molar-refractivity contribution >= 4 is 17.5 Å². The van der Waals surface area contributed by atoms with Crippen molar-refractivity contribution in [1.82, 2.24) is 14.7 Å². The molecule has 0 spiro atoms. The smallest absolute Gasteiger partial charge is 0.344 e. The Bertz CT molecular complexity index is 1020. The van der Waals surface area contributed by atoms with Gasteiger partial charge in [0, 0.05) is 29.8 Å². The van der Waals surface area contributed by atoms with Crippen molar-refractivity contribution < 1.29 is 14.5 Å². The maximum atomic E-state index is 13.6. The molecule has 0 saturated carbocycles. The average Bonchev–Trinajstić information content (AvgIpc) is 2.95. The molecule has 0 atom stereocenters. The zero-order valence-corrected chi connectivity index (χ0v) is 22.4. The summed E-state index contributed by atoms with van der Waals surface area (Å²) in [5, 5.41) is 16.1. The molecule has 0 aliphatic carbocycles. The van der Waals surface area contributed by atoms with Crippen LogP contribution in [0.5, 0.6) is 0 Å². The lowest BCUT2D eigenvalue weighted by Gasteiger charge is -2.46. The third-order valence-corrected chi connectivity index (χ3v) is 4.89. The van der Waals surface area contributed by atoms with Gasteiger partial charge in [0.15, 0.2) is 5.82 Å². The summed E-state index contributed by atoms with van der Waals surface area (Å²) in [6.45, 7) is 18.4. The molecule has 34 heavy (non-hydrogen) atoms. The van der Waals surface area contributed by atoms with Gasteiger partial charge in [0.05, 0.1) is 16.3 Å². The Hall–Kier alpha value is -2.94. The Morgan fingerprint density at radius 1 is 1.00 bits per heavy atom. The lowest BCUT2D eigenvalue weighted by Crippen LogP contribution is -2.53. The zero-order valence-electron chi connectivity index (χ0n) is 22.4. The number of rotatable bonds is 6. The fourth-order valence-corrected chi connectivity index (χ4v) is 4.15. The highest BCUT2D eigenvalue weighted by Crippen LogP contribution is 2.37. The second-order valence-corrected chi connectivity index (χ2v) is 11.7. The number of carbonyl (C=O) groups is 1. The van der Waals surface area contributed by atoms with Crippen LogP contribution in [-0.2, 0) is 11.3 Å². The Morgan fingerprint density at radius 2 is 1.50 bits per heavy atom. The van der Waals surface area contributed by atoms with Gasteiger partial charge in [0.2, 0.25) is 0 Å². The first-order valence-corrected chi connectivity index (χ1v) is 11.4. The van der Waals surface area contributed by atoms with Crippen molar-refractivity contribution in [3.63, 3.8) is 0 Å². The monoisotopic (exact) mass is 473 g/mol. The van der Waals surface area contributed by atoms with Gasteiger partial charge in [-0.3, -0.25) is 10.1 Å².